The molecule has 1 aromatic carbocycles. The third-order valence-electron chi connectivity index (χ3n) is 3.81. The molecule has 5 nitrogen and oxygen atoms in total. The Bertz CT molecular complexity index is 644. The monoisotopic (exact) mass is 272 g/mol. The highest BCUT2D eigenvalue weighted by atomic mass is 16.5. The van der Waals surface area contributed by atoms with E-state index >= 15 is 0 Å². The van der Waals surface area contributed by atoms with Gasteiger partial charge in [0, 0.05) is 6.42 Å². The van der Waals surface area contributed by atoms with E-state index in [1.807, 2.05) is 31.2 Å². The van der Waals surface area contributed by atoms with Gasteiger partial charge in [-0.15, -0.1) is 0 Å². The predicted molar refractivity (Wildman–Crippen MR) is 71.2 cm³/mol. The van der Waals surface area contributed by atoms with E-state index in [-0.39, 0.29) is 5.97 Å². The van der Waals surface area contributed by atoms with Crippen molar-refractivity contribution in [1.82, 2.24) is 10.1 Å². The molecule has 0 N–H and O–H groups in total. The minimum atomic E-state index is -0.689. The molecule has 0 atom stereocenters. The van der Waals surface area contributed by atoms with Crippen LogP contribution < -0.4 is 0 Å². The minimum Gasteiger partial charge on any atom is -0.468 e. The van der Waals surface area contributed by atoms with Crippen LogP contribution in [0.2, 0.25) is 0 Å². The number of nitrogens with zero attached hydrogens (tertiary/aromatic N) is 2. The maximum atomic E-state index is 11.8. The number of ether oxygens (including phenoxy) is 1. The van der Waals surface area contributed by atoms with Crippen LogP contribution in [0.1, 0.15) is 35.7 Å². The fourth-order valence-corrected chi connectivity index (χ4v) is 2.32. The van der Waals surface area contributed by atoms with E-state index in [1.165, 1.54) is 12.7 Å². The zero-order valence-corrected chi connectivity index (χ0v) is 11.5. The van der Waals surface area contributed by atoms with Crippen LogP contribution in [0.3, 0.4) is 0 Å². The molecule has 1 heterocycles. The van der Waals surface area contributed by atoms with Crippen molar-refractivity contribution in [3.8, 4) is 0 Å². The Labute approximate surface area is 116 Å². The lowest BCUT2D eigenvalue weighted by molar-refractivity contribution is -0.144. The standard InChI is InChI=1S/C15H16N2O3/c1-10-5-3-4-6-11(10)9-12-16-13(20-17-12)15(7-8-15)14(18)19-2/h3-6H,7-9H2,1-2H3. The fourth-order valence-electron chi connectivity index (χ4n) is 2.32. The van der Waals surface area contributed by atoms with Gasteiger partial charge >= 0.3 is 5.97 Å². The average molecular weight is 272 g/mol. The Morgan fingerprint density at radius 1 is 1.40 bits per heavy atom. The normalized spacial score (nSPS) is 15.9. The summed E-state index contributed by atoms with van der Waals surface area (Å²) in [5.41, 5.74) is 1.65. The number of benzene rings is 1. The first-order valence-electron chi connectivity index (χ1n) is 6.62. The maximum Gasteiger partial charge on any atom is 0.321 e. The van der Waals surface area contributed by atoms with E-state index in [0.717, 1.165) is 5.56 Å². The second-order valence-corrected chi connectivity index (χ2v) is 5.19. The second kappa shape index (κ2) is 4.74. The van der Waals surface area contributed by atoms with Crippen molar-refractivity contribution >= 4 is 5.97 Å². The van der Waals surface area contributed by atoms with Gasteiger partial charge in [-0.1, -0.05) is 29.4 Å². The number of aromatic nitrogens is 2. The van der Waals surface area contributed by atoms with Crippen molar-refractivity contribution in [3.63, 3.8) is 0 Å². The molecule has 1 aliphatic rings. The molecular formula is C15H16N2O3. The summed E-state index contributed by atoms with van der Waals surface area (Å²) in [7, 11) is 1.38. The highest BCUT2D eigenvalue weighted by Gasteiger charge is 2.57. The molecule has 0 spiro atoms. The Hall–Kier alpha value is -2.17. The number of aryl methyl sites for hydroxylation is 1. The Morgan fingerprint density at radius 2 is 2.15 bits per heavy atom. The summed E-state index contributed by atoms with van der Waals surface area (Å²) in [6.07, 6.45) is 2.03. The smallest absolute Gasteiger partial charge is 0.321 e. The van der Waals surface area contributed by atoms with Crippen LogP contribution in [0.25, 0.3) is 0 Å². The van der Waals surface area contributed by atoms with Crippen LogP contribution in [0.15, 0.2) is 28.8 Å². The fraction of sp³-hybridized carbons (Fsp3) is 0.400. The zero-order chi connectivity index (χ0) is 14.2. The van der Waals surface area contributed by atoms with Crippen molar-refractivity contribution < 1.29 is 14.1 Å². The molecule has 1 aromatic heterocycles. The molecule has 0 aliphatic heterocycles. The molecule has 1 saturated carbocycles. The highest BCUT2D eigenvalue weighted by molar-refractivity contribution is 5.85. The van der Waals surface area contributed by atoms with Gasteiger partial charge in [0.15, 0.2) is 5.82 Å². The van der Waals surface area contributed by atoms with Gasteiger partial charge in [0.05, 0.1) is 7.11 Å². The van der Waals surface area contributed by atoms with E-state index in [1.54, 1.807) is 0 Å². The van der Waals surface area contributed by atoms with Gasteiger partial charge in [0.1, 0.15) is 5.41 Å². The third-order valence-corrected chi connectivity index (χ3v) is 3.81. The second-order valence-electron chi connectivity index (χ2n) is 5.19. The lowest BCUT2D eigenvalue weighted by atomic mass is 10.1. The molecule has 20 heavy (non-hydrogen) atoms. The van der Waals surface area contributed by atoms with Crippen LogP contribution in [0, 0.1) is 6.92 Å². The number of carbonyl (C=O) groups is 1. The molecule has 104 valence electrons. The van der Waals surface area contributed by atoms with Crippen molar-refractivity contribution in [3.05, 3.63) is 47.1 Å². The molecule has 5 heteroatoms. The molecule has 0 saturated heterocycles. The minimum absolute atomic E-state index is 0.288. The average Bonchev–Trinajstić information content (AvgIpc) is 3.14. The van der Waals surface area contributed by atoms with E-state index < -0.39 is 5.41 Å². The topological polar surface area (TPSA) is 65.2 Å². The van der Waals surface area contributed by atoms with Crippen molar-refractivity contribution in [2.45, 2.75) is 31.6 Å². The third kappa shape index (κ3) is 2.09. The maximum absolute atomic E-state index is 11.8. The summed E-state index contributed by atoms with van der Waals surface area (Å²) in [5, 5.41) is 3.98. The summed E-state index contributed by atoms with van der Waals surface area (Å²) in [6.45, 7) is 2.05. The summed E-state index contributed by atoms with van der Waals surface area (Å²) < 4.78 is 10.1. The van der Waals surface area contributed by atoms with Gasteiger partial charge in [-0.3, -0.25) is 4.79 Å². The summed E-state index contributed by atoms with van der Waals surface area (Å²) >= 11 is 0. The van der Waals surface area contributed by atoms with Crippen LogP contribution in [-0.2, 0) is 21.4 Å². The summed E-state index contributed by atoms with van der Waals surface area (Å²) in [6, 6.07) is 8.07. The van der Waals surface area contributed by atoms with Gasteiger partial charge < -0.3 is 9.26 Å². The molecule has 0 radical (unpaired) electrons. The van der Waals surface area contributed by atoms with Crippen LogP contribution in [0.5, 0.6) is 0 Å². The SMILES string of the molecule is COC(=O)C1(c2nc(Cc3ccccc3C)no2)CC1. The van der Waals surface area contributed by atoms with Crippen molar-refractivity contribution in [2.24, 2.45) is 0 Å². The molecule has 1 fully saturated rings. The van der Waals surface area contributed by atoms with Gasteiger partial charge in [0.2, 0.25) is 5.89 Å². The van der Waals surface area contributed by atoms with E-state index in [2.05, 4.69) is 10.1 Å². The first kappa shape index (κ1) is 12.8. The lowest BCUT2D eigenvalue weighted by Gasteiger charge is -2.05. The van der Waals surface area contributed by atoms with Crippen molar-refractivity contribution in [1.29, 1.82) is 0 Å². The first-order valence-corrected chi connectivity index (χ1v) is 6.62. The Balaban J connectivity index is 1.82. The Morgan fingerprint density at radius 3 is 2.80 bits per heavy atom. The number of rotatable bonds is 4. The Kier molecular flexibility index (Phi) is 3.04. The van der Waals surface area contributed by atoms with E-state index in [9.17, 15) is 4.79 Å². The number of esters is 1. The molecule has 0 amide bonds. The van der Waals surface area contributed by atoms with Gasteiger partial charge in [-0.05, 0) is 30.9 Å². The number of carbonyl (C=O) groups excluding carboxylic acids is 1. The van der Waals surface area contributed by atoms with Crippen LogP contribution in [-0.4, -0.2) is 23.2 Å². The predicted octanol–water partition coefficient (Wildman–Crippen LogP) is 2.17. The lowest BCUT2D eigenvalue weighted by Crippen LogP contribution is -2.22. The van der Waals surface area contributed by atoms with Crippen LogP contribution in [0.4, 0.5) is 0 Å². The first-order chi connectivity index (χ1) is 9.65. The van der Waals surface area contributed by atoms with Gasteiger partial charge in [-0.25, -0.2) is 0 Å². The molecule has 1 aliphatic carbocycles. The van der Waals surface area contributed by atoms with Crippen LogP contribution >= 0.6 is 0 Å². The van der Waals surface area contributed by atoms with Gasteiger partial charge in [0.25, 0.3) is 0 Å². The highest BCUT2D eigenvalue weighted by Crippen LogP contribution is 2.48. The number of hydrogen-bond acceptors (Lipinski definition) is 5. The number of hydrogen-bond donors (Lipinski definition) is 0. The zero-order valence-electron chi connectivity index (χ0n) is 11.5. The van der Waals surface area contributed by atoms with E-state index in [4.69, 9.17) is 9.26 Å². The number of methoxy groups -OCH3 is 1. The molecule has 0 unspecified atom stereocenters. The molecule has 3 rings (SSSR count). The quantitative estimate of drug-likeness (QED) is 0.798. The van der Waals surface area contributed by atoms with E-state index in [0.29, 0.717) is 31.0 Å². The molecular weight excluding hydrogens is 256 g/mol. The molecule has 0 bridgehead atoms. The largest absolute Gasteiger partial charge is 0.468 e. The van der Waals surface area contributed by atoms with Gasteiger partial charge in [-0.2, -0.15) is 4.98 Å². The molecule has 2 aromatic rings. The summed E-state index contributed by atoms with van der Waals surface area (Å²) in [5.74, 6) is 0.695. The van der Waals surface area contributed by atoms with Crippen molar-refractivity contribution in [2.75, 3.05) is 7.11 Å². The summed E-state index contributed by atoms with van der Waals surface area (Å²) in [4.78, 5) is 16.1.